The van der Waals surface area contributed by atoms with Gasteiger partial charge in [0.05, 0.1) is 19.4 Å². The number of hydrogen-bond donors (Lipinski definition) is 2. The predicted molar refractivity (Wildman–Crippen MR) is 82.6 cm³/mol. The lowest BCUT2D eigenvalue weighted by Gasteiger charge is -2.10. The van der Waals surface area contributed by atoms with Gasteiger partial charge in [0.2, 0.25) is 11.8 Å². The number of methoxy groups -OCH3 is 1. The van der Waals surface area contributed by atoms with E-state index in [1.165, 1.54) is 0 Å². The highest BCUT2D eigenvalue weighted by molar-refractivity contribution is 5.53. The van der Waals surface area contributed by atoms with Gasteiger partial charge in [0.15, 0.2) is 0 Å². The molecule has 21 heavy (non-hydrogen) atoms. The molecule has 0 aliphatic rings. The summed E-state index contributed by atoms with van der Waals surface area (Å²) in [5, 5.41) is 3.23. The lowest BCUT2D eigenvalue weighted by Crippen LogP contribution is -2.06. The average Bonchev–Trinajstić information content (AvgIpc) is 2.53. The molecule has 2 rings (SSSR count). The number of anilines is 2. The van der Waals surface area contributed by atoms with E-state index >= 15 is 0 Å². The molecule has 2 aromatic heterocycles. The predicted octanol–water partition coefficient (Wildman–Crippen LogP) is 2.47. The number of rotatable bonds is 7. The molecular formula is C15H20N4O2. The van der Waals surface area contributed by atoms with Crippen LogP contribution in [0.2, 0.25) is 0 Å². The summed E-state index contributed by atoms with van der Waals surface area (Å²) >= 11 is 0. The quantitative estimate of drug-likeness (QED) is 0.814. The largest absolute Gasteiger partial charge is 0.481 e. The third-order valence-corrected chi connectivity index (χ3v) is 2.81. The first kappa shape index (κ1) is 14.9. The van der Waals surface area contributed by atoms with Crippen LogP contribution in [0.3, 0.4) is 0 Å². The van der Waals surface area contributed by atoms with E-state index in [-0.39, 0.29) is 0 Å². The zero-order valence-corrected chi connectivity index (χ0v) is 12.3. The van der Waals surface area contributed by atoms with Gasteiger partial charge in [-0.2, -0.15) is 4.98 Å². The molecule has 0 saturated carbocycles. The Morgan fingerprint density at radius 3 is 2.90 bits per heavy atom. The second-order valence-corrected chi connectivity index (χ2v) is 4.50. The summed E-state index contributed by atoms with van der Waals surface area (Å²) in [4.78, 5) is 8.43. The Labute approximate surface area is 124 Å². The Bertz CT molecular complexity index is 590. The molecule has 2 aromatic rings. The Kier molecular flexibility index (Phi) is 5.20. The van der Waals surface area contributed by atoms with Crippen LogP contribution in [0.1, 0.15) is 18.9 Å². The molecule has 0 amide bonds. The van der Waals surface area contributed by atoms with Crippen LogP contribution >= 0.6 is 0 Å². The molecule has 6 heteroatoms. The van der Waals surface area contributed by atoms with Gasteiger partial charge >= 0.3 is 0 Å². The molecule has 0 bridgehead atoms. The van der Waals surface area contributed by atoms with Gasteiger partial charge in [-0.05, 0) is 30.2 Å². The highest BCUT2D eigenvalue weighted by Gasteiger charge is 2.04. The van der Waals surface area contributed by atoms with E-state index < -0.39 is 0 Å². The van der Waals surface area contributed by atoms with E-state index in [1.54, 1.807) is 19.4 Å². The van der Waals surface area contributed by atoms with Gasteiger partial charge in [-0.3, -0.25) is 0 Å². The zero-order valence-electron chi connectivity index (χ0n) is 12.3. The van der Waals surface area contributed by atoms with Crippen LogP contribution in [0.15, 0.2) is 30.5 Å². The summed E-state index contributed by atoms with van der Waals surface area (Å²) in [6, 6.07) is 7.40. The number of nitrogens with one attached hydrogen (secondary N) is 1. The molecule has 0 atom stereocenters. The lowest BCUT2D eigenvalue weighted by atomic mass is 10.2. The first-order valence-corrected chi connectivity index (χ1v) is 6.85. The van der Waals surface area contributed by atoms with Gasteiger partial charge in [-0.15, -0.1) is 0 Å². The van der Waals surface area contributed by atoms with Crippen LogP contribution in [-0.4, -0.2) is 23.7 Å². The number of aromatic nitrogens is 2. The van der Waals surface area contributed by atoms with Crippen LogP contribution in [0, 0.1) is 0 Å². The van der Waals surface area contributed by atoms with Crippen molar-refractivity contribution in [1.29, 1.82) is 0 Å². The van der Waals surface area contributed by atoms with E-state index in [4.69, 9.17) is 15.2 Å². The maximum Gasteiger partial charge on any atom is 0.239 e. The minimum Gasteiger partial charge on any atom is -0.481 e. The van der Waals surface area contributed by atoms with Crippen LogP contribution in [0.5, 0.6) is 11.8 Å². The fourth-order valence-corrected chi connectivity index (χ4v) is 1.73. The molecule has 6 nitrogen and oxygen atoms in total. The third-order valence-electron chi connectivity index (χ3n) is 2.81. The molecule has 112 valence electrons. The first-order valence-electron chi connectivity index (χ1n) is 6.85. The van der Waals surface area contributed by atoms with Crippen molar-refractivity contribution in [2.45, 2.75) is 19.9 Å². The van der Waals surface area contributed by atoms with Crippen LogP contribution in [0.25, 0.3) is 0 Å². The smallest absolute Gasteiger partial charge is 0.239 e. The highest BCUT2D eigenvalue weighted by Crippen LogP contribution is 2.21. The lowest BCUT2D eigenvalue weighted by molar-refractivity contribution is 0.307. The zero-order chi connectivity index (χ0) is 15.1. The van der Waals surface area contributed by atoms with Gasteiger partial charge in [0, 0.05) is 18.8 Å². The van der Waals surface area contributed by atoms with Crippen molar-refractivity contribution in [1.82, 2.24) is 9.97 Å². The molecule has 2 heterocycles. The molecule has 0 aliphatic heterocycles. The maximum absolute atomic E-state index is 5.84. The molecule has 3 N–H and O–H groups in total. The molecule has 0 aliphatic carbocycles. The minimum atomic E-state index is 0.467. The van der Waals surface area contributed by atoms with E-state index in [0.29, 0.717) is 36.4 Å². The molecule has 0 aromatic carbocycles. The van der Waals surface area contributed by atoms with Crippen molar-refractivity contribution in [3.05, 3.63) is 36.0 Å². The number of pyridine rings is 2. The van der Waals surface area contributed by atoms with E-state index in [2.05, 4.69) is 15.3 Å². The minimum absolute atomic E-state index is 0.467. The van der Waals surface area contributed by atoms with Gasteiger partial charge in [0.25, 0.3) is 0 Å². The Morgan fingerprint density at radius 2 is 2.14 bits per heavy atom. The molecule has 0 fully saturated rings. The van der Waals surface area contributed by atoms with Gasteiger partial charge in [-0.1, -0.05) is 6.92 Å². The molecule has 0 spiro atoms. The summed E-state index contributed by atoms with van der Waals surface area (Å²) in [5.41, 5.74) is 7.43. The van der Waals surface area contributed by atoms with Gasteiger partial charge in [-0.25, -0.2) is 4.98 Å². The number of nitrogens with two attached hydrogens (primary N) is 1. The first-order chi connectivity index (χ1) is 10.2. The normalized spacial score (nSPS) is 10.2. The number of hydrogen-bond acceptors (Lipinski definition) is 6. The molecule has 0 unspecified atom stereocenters. The van der Waals surface area contributed by atoms with Crippen molar-refractivity contribution < 1.29 is 9.47 Å². The maximum atomic E-state index is 5.84. The Balaban J connectivity index is 2.02. The number of nitrogens with zero attached hydrogens (tertiary/aromatic N) is 2. The molecular weight excluding hydrogens is 268 g/mol. The molecule has 0 radical (unpaired) electrons. The van der Waals surface area contributed by atoms with E-state index in [1.807, 2.05) is 25.1 Å². The highest BCUT2D eigenvalue weighted by atomic mass is 16.5. The average molecular weight is 288 g/mol. The fourth-order valence-electron chi connectivity index (χ4n) is 1.73. The second-order valence-electron chi connectivity index (χ2n) is 4.50. The summed E-state index contributed by atoms with van der Waals surface area (Å²) in [6.07, 6.45) is 2.62. The Morgan fingerprint density at radius 1 is 1.29 bits per heavy atom. The SMILES string of the molecule is CCCOc1nc(NCc2ccnc(OC)c2)ccc1N. The van der Waals surface area contributed by atoms with Crippen LogP contribution in [0.4, 0.5) is 11.5 Å². The summed E-state index contributed by atoms with van der Waals surface area (Å²) in [6.45, 7) is 3.25. The van der Waals surface area contributed by atoms with E-state index in [9.17, 15) is 0 Å². The van der Waals surface area contributed by atoms with Crippen molar-refractivity contribution in [3.63, 3.8) is 0 Å². The van der Waals surface area contributed by atoms with Crippen LogP contribution in [-0.2, 0) is 6.54 Å². The van der Waals surface area contributed by atoms with Crippen molar-refractivity contribution in [2.75, 3.05) is 24.8 Å². The van der Waals surface area contributed by atoms with Gasteiger partial charge in [0.1, 0.15) is 5.82 Å². The number of nitrogen functional groups attached to an aromatic ring is 1. The summed E-state index contributed by atoms with van der Waals surface area (Å²) in [7, 11) is 1.60. The van der Waals surface area contributed by atoms with Gasteiger partial charge < -0.3 is 20.5 Å². The standard InChI is InChI=1S/C15H20N4O2/c1-3-8-21-15-12(16)4-5-13(19-15)18-10-11-6-7-17-14(9-11)20-2/h4-7,9H,3,8,10,16H2,1-2H3,(H,18,19). The monoisotopic (exact) mass is 288 g/mol. The van der Waals surface area contributed by atoms with E-state index in [0.717, 1.165) is 12.0 Å². The van der Waals surface area contributed by atoms with Crippen molar-refractivity contribution in [3.8, 4) is 11.8 Å². The summed E-state index contributed by atoms with van der Waals surface area (Å²) in [5.74, 6) is 1.77. The Hall–Kier alpha value is -2.50. The third kappa shape index (κ3) is 4.24. The second kappa shape index (κ2) is 7.33. The molecule has 0 saturated heterocycles. The number of ether oxygens (including phenoxy) is 2. The van der Waals surface area contributed by atoms with Crippen molar-refractivity contribution >= 4 is 11.5 Å². The topological polar surface area (TPSA) is 82.3 Å². The van der Waals surface area contributed by atoms with Crippen LogP contribution < -0.4 is 20.5 Å². The van der Waals surface area contributed by atoms with Crippen molar-refractivity contribution in [2.24, 2.45) is 0 Å². The summed E-state index contributed by atoms with van der Waals surface area (Å²) < 4.78 is 10.6. The fraction of sp³-hybridized carbons (Fsp3) is 0.333.